The summed E-state index contributed by atoms with van der Waals surface area (Å²) in [5.74, 6) is 0.827. The Morgan fingerprint density at radius 2 is 2.46 bits per heavy atom. The number of hydrogen-bond donors (Lipinski definition) is 1. The molecule has 1 unspecified atom stereocenters. The highest BCUT2D eigenvalue weighted by atomic mass is 32.1. The van der Waals surface area contributed by atoms with Crippen LogP contribution in [0.4, 0.5) is 5.95 Å². The molecule has 6 heteroatoms. The maximum Gasteiger partial charge on any atom is 0.225 e. The van der Waals surface area contributed by atoms with Crippen molar-refractivity contribution < 1.29 is 0 Å². The number of rotatable bonds is 1. The van der Waals surface area contributed by atoms with E-state index in [-0.39, 0.29) is 13.6 Å². The Balaban J connectivity index is 0.000000653. The van der Waals surface area contributed by atoms with Gasteiger partial charge in [-0.2, -0.15) is 10.1 Å². The van der Waals surface area contributed by atoms with Crippen LogP contribution in [0.3, 0.4) is 0 Å². The highest BCUT2D eigenvalue weighted by Crippen LogP contribution is 2.31. The van der Waals surface area contributed by atoms with E-state index in [0.717, 1.165) is 10.8 Å². The molecule has 1 N–H and O–H groups in total. The lowest BCUT2D eigenvalue weighted by atomic mass is 10.3. The van der Waals surface area contributed by atoms with E-state index in [4.69, 9.17) is 0 Å². The number of nitrogens with one attached hydrogen (secondary N) is 1. The first-order valence-electron chi connectivity index (χ1n) is 3.49. The summed E-state index contributed by atoms with van der Waals surface area (Å²) in [6, 6.07) is 0. The van der Waals surface area contributed by atoms with Crippen LogP contribution in [0.25, 0.3) is 0 Å². The van der Waals surface area contributed by atoms with E-state index in [2.05, 4.69) is 20.4 Å². The molecule has 3 heterocycles. The molecule has 0 aromatic carbocycles. The van der Waals surface area contributed by atoms with Gasteiger partial charge in [0.05, 0.1) is 10.4 Å². The van der Waals surface area contributed by atoms with Crippen molar-refractivity contribution in [2.24, 2.45) is 0 Å². The van der Waals surface area contributed by atoms with Crippen molar-refractivity contribution in [1.82, 2.24) is 19.7 Å². The average molecular weight is 195 g/mol. The molecule has 68 valence electrons. The lowest BCUT2D eigenvalue weighted by Crippen LogP contribution is -2.31. The molecule has 1 aliphatic rings. The number of aromatic nitrogens is 4. The molecule has 0 radical (unpaired) electrons. The topological polar surface area (TPSA) is 55.6 Å². The predicted octanol–water partition coefficient (Wildman–Crippen LogP) is 1.34. The van der Waals surface area contributed by atoms with Crippen LogP contribution in [-0.4, -0.2) is 19.7 Å². The molecule has 0 amide bonds. The van der Waals surface area contributed by atoms with Gasteiger partial charge in [0.2, 0.25) is 5.95 Å². The molecule has 2 aromatic heterocycles. The number of anilines is 1. The van der Waals surface area contributed by atoms with E-state index in [1.165, 1.54) is 0 Å². The monoisotopic (exact) mass is 195 g/mol. The second kappa shape index (κ2) is 2.81. The largest absolute Gasteiger partial charge is 0.328 e. The second-order valence-electron chi connectivity index (χ2n) is 2.48. The molecule has 0 saturated carbocycles. The van der Waals surface area contributed by atoms with E-state index in [1.807, 2.05) is 16.4 Å². The van der Waals surface area contributed by atoms with Gasteiger partial charge in [0.15, 0.2) is 6.17 Å². The number of thiazole rings is 1. The fraction of sp³-hybridized carbons (Fsp3) is 0.286. The van der Waals surface area contributed by atoms with Crippen LogP contribution in [0.5, 0.6) is 0 Å². The molecule has 3 rings (SSSR count). The summed E-state index contributed by atoms with van der Waals surface area (Å²) < 4.78 is 1.84. The SMILES string of the molecule is C.c1nc2n(n1)C(c1cncs1)N2. The van der Waals surface area contributed by atoms with Crippen LogP contribution in [0.2, 0.25) is 0 Å². The van der Waals surface area contributed by atoms with Crippen molar-refractivity contribution in [2.45, 2.75) is 13.6 Å². The minimum atomic E-state index is 0. The van der Waals surface area contributed by atoms with Crippen LogP contribution < -0.4 is 5.32 Å². The van der Waals surface area contributed by atoms with E-state index in [1.54, 1.807) is 17.7 Å². The van der Waals surface area contributed by atoms with Crippen LogP contribution in [0.15, 0.2) is 18.0 Å². The molecule has 1 atom stereocenters. The molecular weight excluding hydrogens is 186 g/mol. The van der Waals surface area contributed by atoms with Crippen LogP contribution in [0, 0.1) is 0 Å². The molecule has 13 heavy (non-hydrogen) atoms. The highest BCUT2D eigenvalue weighted by molar-refractivity contribution is 7.09. The lowest BCUT2D eigenvalue weighted by molar-refractivity contribution is 0.516. The normalized spacial score (nSPS) is 18.0. The number of fused-ring (bicyclic) bond motifs is 1. The van der Waals surface area contributed by atoms with Crippen LogP contribution >= 0.6 is 11.3 Å². The standard InChI is InChI=1S/C6H5N5S.CH4/c1-4(12-3-7-1)5-10-6-8-2-9-11(5)6;/h1-3,5H,(H,8,9,10);1H4. The Labute approximate surface area is 79.5 Å². The molecule has 0 bridgehead atoms. The van der Waals surface area contributed by atoms with Gasteiger partial charge >= 0.3 is 0 Å². The molecule has 0 aliphatic carbocycles. The van der Waals surface area contributed by atoms with Gasteiger partial charge in [0.25, 0.3) is 0 Å². The number of hydrogen-bond acceptors (Lipinski definition) is 5. The van der Waals surface area contributed by atoms with Gasteiger partial charge in [-0.3, -0.25) is 4.98 Å². The molecule has 5 nitrogen and oxygen atoms in total. The Morgan fingerprint density at radius 3 is 3.15 bits per heavy atom. The van der Waals surface area contributed by atoms with Gasteiger partial charge in [-0.15, -0.1) is 11.3 Å². The van der Waals surface area contributed by atoms with Crippen molar-refractivity contribution >= 4 is 17.3 Å². The van der Waals surface area contributed by atoms with Crippen molar-refractivity contribution in [1.29, 1.82) is 0 Å². The third kappa shape index (κ3) is 1.02. The summed E-state index contributed by atoms with van der Waals surface area (Å²) in [6.45, 7) is 0. The van der Waals surface area contributed by atoms with Crippen molar-refractivity contribution in [2.75, 3.05) is 5.32 Å². The van der Waals surface area contributed by atoms with E-state index in [9.17, 15) is 0 Å². The first-order valence-corrected chi connectivity index (χ1v) is 4.37. The highest BCUT2D eigenvalue weighted by Gasteiger charge is 2.29. The summed E-state index contributed by atoms with van der Waals surface area (Å²) in [7, 11) is 0. The Bertz CT molecular complexity index is 393. The van der Waals surface area contributed by atoms with Crippen molar-refractivity contribution in [3.63, 3.8) is 0 Å². The third-order valence-electron chi connectivity index (χ3n) is 1.80. The predicted molar refractivity (Wildman–Crippen MR) is 50.6 cm³/mol. The van der Waals surface area contributed by atoms with Crippen molar-refractivity contribution in [3.05, 3.63) is 22.9 Å². The lowest BCUT2D eigenvalue weighted by Gasteiger charge is -2.27. The molecule has 0 saturated heterocycles. The van der Waals surface area contributed by atoms with Gasteiger partial charge in [-0.25, -0.2) is 4.68 Å². The summed E-state index contributed by atoms with van der Waals surface area (Å²) in [4.78, 5) is 9.15. The minimum absolute atomic E-state index is 0. The van der Waals surface area contributed by atoms with Gasteiger partial charge in [-0.1, -0.05) is 7.43 Å². The van der Waals surface area contributed by atoms with Gasteiger partial charge in [0, 0.05) is 6.20 Å². The van der Waals surface area contributed by atoms with Gasteiger partial charge in [-0.05, 0) is 0 Å². The molecule has 0 spiro atoms. The van der Waals surface area contributed by atoms with Crippen LogP contribution in [-0.2, 0) is 0 Å². The van der Waals surface area contributed by atoms with E-state index >= 15 is 0 Å². The first-order chi connectivity index (χ1) is 5.95. The van der Waals surface area contributed by atoms with E-state index in [0.29, 0.717) is 0 Å². The van der Waals surface area contributed by atoms with Crippen molar-refractivity contribution in [3.8, 4) is 0 Å². The fourth-order valence-corrected chi connectivity index (χ4v) is 1.86. The Kier molecular flexibility index (Phi) is 1.77. The molecular formula is C7H9N5S. The maximum absolute atomic E-state index is 4.06. The van der Waals surface area contributed by atoms with Gasteiger partial charge in [0.1, 0.15) is 6.33 Å². The zero-order chi connectivity index (χ0) is 7.97. The first kappa shape index (κ1) is 8.18. The summed E-state index contributed by atoms with van der Waals surface area (Å²) in [5, 5.41) is 7.23. The zero-order valence-electron chi connectivity index (χ0n) is 6.01. The summed E-state index contributed by atoms with van der Waals surface area (Å²) >= 11 is 1.61. The Morgan fingerprint density at radius 1 is 1.54 bits per heavy atom. The maximum atomic E-state index is 4.06. The van der Waals surface area contributed by atoms with E-state index < -0.39 is 0 Å². The molecule has 2 aromatic rings. The van der Waals surface area contributed by atoms with Gasteiger partial charge < -0.3 is 5.32 Å². The Hall–Kier alpha value is -1.43. The zero-order valence-corrected chi connectivity index (χ0v) is 6.82. The smallest absolute Gasteiger partial charge is 0.225 e. The fourth-order valence-electron chi connectivity index (χ4n) is 1.21. The molecule has 1 aliphatic heterocycles. The van der Waals surface area contributed by atoms with Crippen LogP contribution in [0.1, 0.15) is 18.5 Å². The summed E-state index contributed by atoms with van der Waals surface area (Å²) in [6.07, 6.45) is 3.53. The molecule has 0 fully saturated rings. The second-order valence-corrected chi connectivity index (χ2v) is 3.40. The average Bonchev–Trinajstić information content (AvgIpc) is 2.62. The quantitative estimate of drug-likeness (QED) is 0.746. The minimum Gasteiger partial charge on any atom is -0.328 e. The number of nitrogens with zero attached hydrogens (tertiary/aromatic N) is 4. The third-order valence-corrected chi connectivity index (χ3v) is 2.63. The summed E-state index contributed by atoms with van der Waals surface area (Å²) in [5.41, 5.74) is 1.81.